The van der Waals surface area contributed by atoms with E-state index in [1.54, 1.807) is 11.3 Å². The maximum Gasteiger partial charge on any atom is 0.239 e. The van der Waals surface area contributed by atoms with Crippen LogP contribution in [0.5, 0.6) is 0 Å². The van der Waals surface area contributed by atoms with Gasteiger partial charge in [-0.05, 0) is 23.4 Å². The second-order valence-electron chi connectivity index (χ2n) is 5.03. The molecule has 2 heterocycles. The SMILES string of the molecule is CC(C)[C@H](N)C(=O)N1CCN(c2cccs2)CC1. The van der Waals surface area contributed by atoms with Gasteiger partial charge in [0.05, 0.1) is 11.0 Å². The van der Waals surface area contributed by atoms with E-state index in [4.69, 9.17) is 5.73 Å². The van der Waals surface area contributed by atoms with Crippen molar-refractivity contribution in [2.24, 2.45) is 11.7 Å². The molecule has 0 spiro atoms. The smallest absolute Gasteiger partial charge is 0.239 e. The van der Waals surface area contributed by atoms with Crippen molar-refractivity contribution in [2.75, 3.05) is 31.1 Å². The van der Waals surface area contributed by atoms with Crippen molar-refractivity contribution in [2.45, 2.75) is 19.9 Å². The summed E-state index contributed by atoms with van der Waals surface area (Å²) in [7, 11) is 0. The second kappa shape index (κ2) is 5.71. The maximum absolute atomic E-state index is 12.1. The summed E-state index contributed by atoms with van der Waals surface area (Å²) in [6.07, 6.45) is 0. The number of rotatable bonds is 3. The normalized spacial score (nSPS) is 18.2. The van der Waals surface area contributed by atoms with Gasteiger partial charge in [-0.3, -0.25) is 4.79 Å². The molecule has 0 aliphatic carbocycles. The number of hydrogen-bond donors (Lipinski definition) is 1. The first-order valence-corrected chi connectivity index (χ1v) is 7.30. The van der Waals surface area contributed by atoms with Crippen molar-refractivity contribution < 1.29 is 4.79 Å². The van der Waals surface area contributed by atoms with Crippen molar-refractivity contribution >= 4 is 22.2 Å². The van der Waals surface area contributed by atoms with Crippen LogP contribution >= 0.6 is 11.3 Å². The summed E-state index contributed by atoms with van der Waals surface area (Å²) in [5, 5.41) is 3.37. The minimum atomic E-state index is -0.363. The van der Waals surface area contributed by atoms with Gasteiger partial charge in [0.25, 0.3) is 0 Å². The summed E-state index contributed by atoms with van der Waals surface area (Å²) in [6.45, 7) is 7.33. The molecule has 18 heavy (non-hydrogen) atoms. The number of piperazine rings is 1. The first kappa shape index (κ1) is 13.4. The van der Waals surface area contributed by atoms with Gasteiger partial charge >= 0.3 is 0 Å². The number of hydrogen-bond acceptors (Lipinski definition) is 4. The van der Waals surface area contributed by atoms with Gasteiger partial charge in [-0.1, -0.05) is 13.8 Å². The zero-order chi connectivity index (χ0) is 13.1. The van der Waals surface area contributed by atoms with E-state index in [0.717, 1.165) is 26.2 Å². The van der Waals surface area contributed by atoms with E-state index in [2.05, 4.69) is 22.4 Å². The number of carbonyl (C=O) groups excluding carboxylic acids is 1. The number of anilines is 1. The first-order chi connectivity index (χ1) is 8.59. The summed E-state index contributed by atoms with van der Waals surface area (Å²) >= 11 is 1.75. The van der Waals surface area contributed by atoms with E-state index < -0.39 is 0 Å². The molecule has 1 aliphatic rings. The lowest BCUT2D eigenvalue weighted by Crippen LogP contribution is -2.54. The molecule has 1 amide bonds. The second-order valence-corrected chi connectivity index (χ2v) is 5.96. The first-order valence-electron chi connectivity index (χ1n) is 6.42. The molecule has 100 valence electrons. The quantitative estimate of drug-likeness (QED) is 0.900. The van der Waals surface area contributed by atoms with E-state index in [1.807, 2.05) is 18.7 Å². The minimum Gasteiger partial charge on any atom is -0.360 e. The predicted molar refractivity (Wildman–Crippen MR) is 75.9 cm³/mol. The molecule has 1 aromatic heterocycles. The van der Waals surface area contributed by atoms with Crippen molar-refractivity contribution in [3.63, 3.8) is 0 Å². The van der Waals surface area contributed by atoms with Gasteiger partial charge in [0.1, 0.15) is 0 Å². The molecule has 5 heteroatoms. The van der Waals surface area contributed by atoms with Crippen LogP contribution in [-0.2, 0) is 4.79 Å². The molecule has 0 radical (unpaired) electrons. The molecule has 1 atom stereocenters. The van der Waals surface area contributed by atoms with Crippen LogP contribution < -0.4 is 10.6 Å². The molecule has 1 fully saturated rings. The minimum absolute atomic E-state index is 0.0934. The lowest BCUT2D eigenvalue weighted by Gasteiger charge is -2.36. The Morgan fingerprint density at radius 3 is 2.50 bits per heavy atom. The van der Waals surface area contributed by atoms with Crippen LogP contribution in [0.25, 0.3) is 0 Å². The molecule has 0 aromatic carbocycles. The van der Waals surface area contributed by atoms with Gasteiger partial charge in [0.15, 0.2) is 0 Å². The Hall–Kier alpha value is -1.07. The summed E-state index contributed by atoms with van der Waals surface area (Å²) < 4.78 is 0. The van der Waals surface area contributed by atoms with E-state index in [0.29, 0.717) is 0 Å². The predicted octanol–water partition coefficient (Wildman–Crippen LogP) is 1.38. The molecular weight excluding hydrogens is 246 g/mol. The molecule has 1 aromatic rings. The van der Waals surface area contributed by atoms with Crippen LogP contribution in [0.3, 0.4) is 0 Å². The van der Waals surface area contributed by atoms with E-state index in [9.17, 15) is 4.79 Å². The fourth-order valence-corrected chi connectivity index (χ4v) is 2.88. The van der Waals surface area contributed by atoms with Gasteiger partial charge in [-0.25, -0.2) is 0 Å². The average Bonchev–Trinajstić information content (AvgIpc) is 2.91. The largest absolute Gasteiger partial charge is 0.360 e. The van der Waals surface area contributed by atoms with Crippen molar-refractivity contribution in [3.05, 3.63) is 17.5 Å². The maximum atomic E-state index is 12.1. The van der Waals surface area contributed by atoms with E-state index in [-0.39, 0.29) is 17.9 Å². The summed E-state index contributed by atoms with van der Waals surface area (Å²) in [4.78, 5) is 16.3. The third-order valence-electron chi connectivity index (χ3n) is 3.41. The van der Waals surface area contributed by atoms with Crippen LogP contribution in [0.1, 0.15) is 13.8 Å². The third kappa shape index (κ3) is 2.84. The Balaban J connectivity index is 1.89. The number of carbonyl (C=O) groups is 1. The van der Waals surface area contributed by atoms with Gasteiger partial charge in [0.2, 0.25) is 5.91 Å². The van der Waals surface area contributed by atoms with Crippen molar-refractivity contribution in [1.29, 1.82) is 0 Å². The van der Waals surface area contributed by atoms with Gasteiger partial charge in [0, 0.05) is 26.2 Å². The fourth-order valence-electron chi connectivity index (χ4n) is 2.09. The highest BCUT2D eigenvalue weighted by Crippen LogP contribution is 2.22. The summed E-state index contributed by atoms with van der Waals surface area (Å²) in [5.41, 5.74) is 5.92. The molecule has 1 aliphatic heterocycles. The lowest BCUT2D eigenvalue weighted by molar-refractivity contribution is -0.133. The van der Waals surface area contributed by atoms with E-state index in [1.165, 1.54) is 5.00 Å². The molecule has 0 saturated carbocycles. The van der Waals surface area contributed by atoms with Crippen LogP contribution in [0.15, 0.2) is 17.5 Å². The zero-order valence-electron chi connectivity index (χ0n) is 11.0. The highest BCUT2D eigenvalue weighted by atomic mass is 32.1. The number of thiophene rings is 1. The Labute approximate surface area is 112 Å². The monoisotopic (exact) mass is 267 g/mol. The van der Waals surface area contributed by atoms with Crippen LogP contribution in [0.2, 0.25) is 0 Å². The van der Waals surface area contributed by atoms with E-state index >= 15 is 0 Å². The van der Waals surface area contributed by atoms with Crippen LogP contribution in [-0.4, -0.2) is 43.0 Å². The number of amides is 1. The van der Waals surface area contributed by atoms with Gasteiger partial charge in [-0.15, -0.1) is 11.3 Å². The Morgan fingerprint density at radius 2 is 2.00 bits per heavy atom. The lowest BCUT2D eigenvalue weighted by atomic mass is 10.0. The average molecular weight is 267 g/mol. The molecule has 2 rings (SSSR count). The Bertz CT molecular complexity index is 383. The third-order valence-corrected chi connectivity index (χ3v) is 4.34. The standard InChI is InChI=1S/C13H21N3OS/c1-10(2)12(14)13(17)16-7-5-15(6-8-16)11-4-3-9-18-11/h3-4,9-10,12H,5-8,14H2,1-2H3/t12-/m0/s1. The molecule has 2 N–H and O–H groups in total. The highest BCUT2D eigenvalue weighted by Gasteiger charge is 2.26. The molecular formula is C13H21N3OS. The fraction of sp³-hybridized carbons (Fsp3) is 0.615. The highest BCUT2D eigenvalue weighted by molar-refractivity contribution is 7.14. The van der Waals surface area contributed by atoms with Crippen molar-refractivity contribution in [1.82, 2.24) is 4.90 Å². The van der Waals surface area contributed by atoms with Gasteiger partial charge in [-0.2, -0.15) is 0 Å². The Morgan fingerprint density at radius 1 is 1.33 bits per heavy atom. The molecule has 4 nitrogen and oxygen atoms in total. The number of nitrogens with zero attached hydrogens (tertiary/aromatic N) is 2. The van der Waals surface area contributed by atoms with Crippen molar-refractivity contribution in [3.8, 4) is 0 Å². The summed E-state index contributed by atoms with van der Waals surface area (Å²) in [6, 6.07) is 3.83. The van der Waals surface area contributed by atoms with Crippen LogP contribution in [0, 0.1) is 5.92 Å². The summed E-state index contributed by atoms with van der Waals surface area (Å²) in [5.74, 6) is 0.295. The number of nitrogens with two attached hydrogens (primary N) is 1. The Kier molecular flexibility index (Phi) is 4.24. The molecule has 0 unspecified atom stereocenters. The topological polar surface area (TPSA) is 49.6 Å². The van der Waals surface area contributed by atoms with Crippen LogP contribution in [0.4, 0.5) is 5.00 Å². The molecule has 0 bridgehead atoms. The zero-order valence-corrected chi connectivity index (χ0v) is 11.8. The van der Waals surface area contributed by atoms with Gasteiger partial charge < -0.3 is 15.5 Å². The molecule has 1 saturated heterocycles.